The lowest BCUT2D eigenvalue weighted by Crippen LogP contribution is -2.05. The average Bonchev–Trinajstić information content (AvgIpc) is 2.97. The molecule has 0 bridgehead atoms. The molecule has 15 heavy (non-hydrogen) atoms. The zero-order valence-corrected chi connectivity index (χ0v) is 9.34. The first kappa shape index (κ1) is 10.3. The second kappa shape index (κ2) is 3.11. The first-order chi connectivity index (χ1) is 6.98. The molecule has 1 saturated carbocycles. The quantitative estimate of drug-likeness (QED) is 0.712. The van der Waals surface area contributed by atoms with E-state index >= 15 is 0 Å². The highest BCUT2D eigenvalue weighted by Crippen LogP contribution is 2.47. The predicted octanol–water partition coefficient (Wildman–Crippen LogP) is 1.75. The molecule has 0 unspecified atom stereocenters. The maximum absolute atomic E-state index is 11.4. The fourth-order valence-electron chi connectivity index (χ4n) is 1.67. The molecule has 1 aromatic carbocycles. The normalized spacial score (nSPS) is 18.1. The summed E-state index contributed by atoms with van der Waals surface area (Å²) in [7, 11) is -3.13. The van der Waals surface area contributed by atoms with Gasteiger partial charge in [-0.2, -0.15) is 0 Å². The van der Waals surface area contributed by atoms with Crippen LogP contribution in [-0.4, -0.2) is 14.7 Å². The summed E-state index contributed by atoms with van der Waals surface area (Å²) in [6.07, 6.45) is 8.58. The third-order valence-corrected chi connectivity index (χ3v) is 3.95. The van der Waals surface area contributed by atoms with Crippen LogP contribution in [0.25, 0.3) is 0 Å². The van der Waals surface area contributed by atoms with Gasteiger partial charge in [-0.1, -0.05) is 18.1 Å². The highest BCUT2D eigenvalue weighted by atomic mass is 32.2. The van der Waals surface area contributed by atoms with Gasteiger partial charge in [0.2, 0.25) is 0 Å². The summed E-state index contributed by atoms with van der Waals surface area (Å²) in [4.78, 5) is 0.349. The van der Waals surface area contributed by atoms with Crippen LogP contribution >= 0.6 is 0 Å². The Morgan fingerprint density at radius 3 is 2.53 bits per heavy atom. The van der Waals surface area contributed by atoms with E-state index in [0.717, 1.165) is 18.4 Å². The van der Waals surface area contributed by atoms with Gasteiger partial charge in [0.15, 0.2) is 9.84 Å². The molecule has 1 aliphatic rings. The monoisotopic (exact) mass is 220 g/mol. The summed E-state index contributed by atoms with van der Waals surface area (Å²) in [5, 5.41) is 0. The number of rotatable bonds is 2. The van der Waals surface area contributed by atoms with Gasteiger partial charge in [-0.15, -0.1) is 6.42 Å². The Morgan fingerprint density at radius 1 is 1.40 bits per heavy atom. The van der Waals surface area contributed by atoms with E-state index in [9.17, 15) is 8.42 Å². The molecule has 0 spiro atoms. The van der Waals surface area contributed by atoms with Crippen LogP contribution in [0.5, 0.6) is 0 Å². The minimum Gasteiger partial charge on any atom is -0.224 e. The van der Waals surface area contributed by atoms with Gasteiger partial charge >= 0.3 is 0 Å². The lowest BCUT2D eigenvalue weighted by Gasteiger charge is -2.09. The van der Waals surface area contributed by atoms with Crippen molar-refractivity contribution in [1.82, 2.24) is 0 Å². The van der Waals surface area contributed by atoms with Gasteiger partial charge < -0.3 is 0 Å². The third kappa shape index (κ3) is 1.78. The van der Waals surface area contributed by atoms with E-state index in [0.29, 0.717) is 4.90 Å². The molecule has 78 valence electrons. The topological polar surface area (TPSA) is 34.1 Å². The summed E-state index contributed by atoms with van der Waals surface area (Å²) >= 11 is 0. The molecule has 0 N–H and O–H groups in total. The van der Waals surface area contributed by atoms with Crippen LogP contribution in [0.1, 0.15) is 18.4 Å². The smallest absolute Gasteiger partial charge is 0.175 e. The van der Waals surface area contributed by atoms with Crippen LogP contribution < -0.4 is 0 Å². The first-order valence-corrected chi connectivity index (χ1v) is 6.65. The van der Waals surface area contributed by atoms with Crippen molar-refractivity contribution in [2.45, 2.75) is 23.2 Å². The molecule has 0 aromatic heterocycles. The molecular weight excluding hydrogens is 208 g/mol. The lowest BCUT2D eigenvalue weighted by atomic mass is 9.97. The highest BCUT2D eigenvalue weighted by Gasteiger charge is 2.42. The zero-order chi connectivity index (χ0) is 11.1. The Bertz CT molecular complexity index is 531. The van der Waals surface area contributed by atoms with Crippen LogP contribution in [0.15, 0.2) is 29.2 Å². The van der Waals surface area contributed by atoms with E-state index in [1.54, 1.807) is 18.2 Å². The fourth-order valence-corrected chi connectivity index (χ4v) is 2.33. The van der Waals surface area contributed by atoms with Crippen molar-refractivity contribution in [2.75, 3.05) is 6.26 Å². The Balaban J connectivity index is 2.50. The summed E-state index contributed by atoms with van der Waals surface area (Å²) in [6.45, 7) is 0. The van der Waals surface area contributed by atoms with Gasteiger partial charge in [0.25, 0.3) is 0 Å². The van der Waals surface area contributed by atoms with Gasteiger partial charge in [-0.3, -0.25) is 0 Å². The molecule has 0 amide bonds. The van der Waals surface area contributed by atoms with E-state index in [4.69, 9.17) is 6.42 Å². The van der Waals surface area contributed by atoms with Crippen molar-refractivity contribution >= 4 is 9.84 Å². The summed E-state index contributed by atoms with van der Waals surface area (Å²) in [5.41, 5.74) is 0.758. The summed E-state index contributed by atoms with van der Waals surface area (Å²) in [6, 6.07) is 6.96. The Kier molecular flexibility index (Phi) is 2.13. The minimum atomic E-state index is -3.13. The Labute approximate surface area is 90.2 Å². The number of benzene rings is 1. The Morgan fingerprint density at radius 2 is 2.07 bits per heavy atom. The molecule has 2 nitrogen and oxygen atoms in total. The molecular formula is C12H12O2S. The lowest BCUT2D eigenvalue weighted by molar-refractivity contribution is 0.601. The van der Waals surface area contributed by atoms with Crippen LogP contribution in [-0.2, 0) is 15.3 Å². The van der Waals surface area contributed by atoms with Crippen LogP contribution in [0.3, 0.4) is 0 Å². The zero-order valence-electron chi connectivity index (χ0n) is 8.53. The Hall–Kier alpha value is -1.27. The molecule has 0 saturated heterocycles. The van der Waals surface area contributed by atoms with E-state index < -0.39 is 9.84 Å². The molecule has 2 rings (SSSR count). The average molecular weight is 220 g/mol. The fraction of sp³-hybridized carbons (Fsp3) is 0.333. The van der Waals surface area contributed by atoms with Gasteiger partial charge in [0.05, 0.1) is 10.3 Å². The number of hydrogen-bond donors (Lipinski definition) is 0. The van der Waals surface area contributed by atoms with Gasteiger partial charge in [0, 0.05) is 6.26 Å². The maximum atomic E-state index is 11.4. The van der Waals surface area contributed by atoms with Crippen molar-refractivity contribution in [1.29, 1.82) is 0 Å². The van der Waals surface area contributed by atoms with E-state index in [-0.39, 0.29) is 5.41 Å². The van der Waals surface area contributed by atoms with Gasteiger partial charge in [0.1, 0.15) is 0 Å². The van der Waals surface area contributed by atoms with Crippen molar-refractivity contribution < 1.29 is 8.42 Å². The second-order valence-corrected chi connectivity index (χ2v) is 6.04. The SMILES string of the molecule is C#CC1(c2cccc(S(C)(=O)=O)c2)CC1. The maximum Gasteiger partial charge on any atom is 0.175 e. The predicted molar refractivity (Wildman–Crippen MR) is 59.3 cm³/mol. The molecule has 0 aliphatic heterocycles. The molecule has 0 radical (unpaired) electrons. The molecule has 1 fully saturated rings. The summed E-state index contributed by atoms with van der Waals surface area (Å²) < 4.78 is 22.7. The molecule has 0 heterocycles. The molecule has 3 heteroatoms. The van der Waals surface area contributed by atoms with Crippen LogP contribution in [0.2, 0.25) is 0 Å². The number of sulfone groups is 1. The summed E-state index contributed by atoms with van der Waals surface area (Å²) in [5.74, 6) is 2.75. The number of terminal acetylenes is 1. The van der Waals surface area contributed by atoms with Crippen LogP contribution in [0, 0.1) is 12.3 Å². The van der Waals surface area contributed by atoms with Crippen molar-refractivity contribution in [3.05, 3.63) is 29.8 Å². The van der Waals surface area contributed by atoms with E-state index in [2.05, 4.69) is 5.92 Å². The van der Waals surface area contributed by atoms with Crippen molar-refractivity contribution in [2.24, 2.45) is 0 Å². The van der Waals surface area contributed by atoms with Crippen molar-refractivity contribution in [3.8, 4) is 12.3 Å². The molecule has 1 aromatic rings. The first-order valence-electron chi connectivity index (χ1n) is 4.76. The largest absolute Gasteiger partial charge is 0.224 e. The van der Waals surface area contributed by atoms with Gasteiger partial charge in [-0.05, 0) is 30.5 Å². The molecule has 0 atom stereocenters. The van der Waals surface area contributed by atoms with E-state index in [1.807, 2.05) is 6.07 Å². The minimum absolute atomic E-state index is 0.194. The van der Waals surface area contributed by atoms with Crippen LogP contribution in [0.4, 0.5) is 0 Å². The third-order valence-electron chi connectivity index (χ3n) is 2.84. The molecule has 1 aliphatic carbocycles. The number of hydrogen-bond acceptors (Lipinski definition) is 2. The van der Waals surface area contributed by atoms with Gasteiger partial charge in [-0.25, -0.2) is 8.42 Å². The highest BCUT2D eigenvalue weighted by molar-refractivity contribution is 7.90. The van der Waals surface area contributed by atoms with Crippen molar-refractivity contribution in [3.63, 3.8) is 0 Å². The van der Waals surface area contributed by atoms with E-state index in [1.165, 1.54) is 6.26 Å². The standard InChI is InChI=1S/C12H12O2S/c1-3-12(7-8-12)10-5-4-6-11(9-10)15(2,13)14/h1,4-6,9H,7-8H2,2H3. The second-order valence-electron chi connectivity index (χ2n) is 4.03.